The summed E-state index contributed by atoms with van der Waals surface area (Å²) in [6.45, 7) is 5.99. The minimum Gasteiger partial charge on any atom is -0.363 e. The Morgan fingerprint density at radius 2 is 2.12 bits per heavy atom. The van der Waals surface area contributed by atoms with Gasteiger partial charge in [0.25, 0.3) is 0 Å². The van der Waals surface area contributed by atoms with E-state index < -0.39 is 5.79 Å². The minimum atomic E-state index is -0.546. The fourth-order valence-electron chi connectivity index (χ4n) is 3.17. The van der Waals surface area contributed by atoms with Gasteiger partial charge in [0.2, 0.25) is 0 Å². The molecule has 0 aromatic carbocycles. The quantitative estimate of drug-likeness (QED) is 0.230. The Kier molecular flexibility index (Phi) is 5.41. The van der Waals surface area contributed by atoms with Crippen LogP contribution < -0.4 is 16.6 Å². The van der Waals surface area contributed by atoms with E-state index >= 15 is 0 Å². The molecule has 1 saturated carbocycles. The lowest BCUT2D eigenvalue weighted by Crippen LogP contribution is -2.35. The molecule has 0 bridgehead atoms. The number of fused-ring (bicyclic) bond motifs is 1. The van der Waals surface area contributed by atoms with Gasteiger partial charge in [0.05, 0.1) is 12.1 Å². The van der Waals surface area contributed by atoms with E-state index in [0.717, 1.165) is 25.0 Å². The van der Waals surface area contributed by atoms with Crippen molar-refractivity contribution >= 4 is 34.9 Å². The summed E-state index contributed by atoms with van der Waals surface area (Å²) < 4.78 is 12.0. The van der Waals surface area contributed by atoms with E-state index in [1.807, 2.05) is 13.8 Å². The second-order valence-electron chi connectivity index (χ2n) is 6.48. The van der Waals surface area contributed by atoms with Crippen LogP contribution >= 0.6 is 23.4 Å². The standard InChI is InChI=1S/C15H24ClN5O2S/c1-4-7-24-14-19-12(16)10(21-17)13(20-14)18-8-5-6-9-11(8)23-15(2,3)22-9/h8-9,11,21H,4-7,17H2,1-3H3,(H,18,19,20)/t8-,9-,11+/m1/s1. The van der Waals surface area contributed by atoms with Crippen LogP contribution in [0.2, 0.25) is 5.15 Å². The predicted molar refractivity (Wildman–Crippen MR) is 96.3 cm³/mol. The lowest BCUT2D eigenvalue weighted by molar-refractivity contribution is -0.152. The summed E-state index contributed by atoms with van der Waals surface area (Å²) in [4.78, 5) is 8.86. The molecular weight excluding hydrogens is 350 g/mol. The SMILES string of the molecule is CCCSc1nc(Cl)c(NN)c(N[C@@H]2CC[C@H]3OC(C)(C)O[C@@H]23)n1. The van der Waals surface area contributed by atoms with Gasteiger partial charge in [0.15, 0.2) is 21.9 Å². The number of nitrogens with zero attached hydrogens (tertiary/aromatic N) is 2. The first-order valence-electron chi connectivity index (χ1n) is 8.22. The summed E-state index contributed by atoms with van der Waals surface area (Å²) in [7, 11) is 0. The Hall–Kier alpha value is -0.800. The van der Waals surface area contributed by atoms with Crippen molar-refractivity contribution in [3.63, 3.8) is 0 Å². The minimum absolute atomic E-state index is 0.00823. The number of hydrogen-bond donors (Lipinski definition) is 3. The zero-order chi connectivity index (χ0) is 17.3. The third kappa shape index (κ3) is 3.72. The Labute approximate surface area is 151 Å². The zero-order valence-electron chi connectivity index (χ0n) is 14.1. The van der Waals surface area contributed by atoms with Crippen molar-refractivity contribution in [1.29, 1.82) is 0 Å². The molecule has 134 valence electrons. The van der Waals surface area contributed by atoms with Crippen LogP contribution in [0.15, 0.2) is 5.16 Å². The Balaban J connectivity index is 1.80. The summed E-state index contributed by atoms with van der Waals surface area (Å²) in [5, 5.41) is 4.38. The van der Waals surface area contributed by atoms with Gasteiger partial charge in [-0.15, -0.1) is 0 Å². The average Bonchev–Trinajstić information content (AvgIpc) is 3.01. The highest BCUT2D eigenvalue weighted by Crippen LogP contribution is 2.40. The molecular formula is C15H24ClN5O2S. The zero-order valence-corrected chi connectivity index (χ0v) is 15.7. The summed E-state index contributed by atoms with van der Waals surface area (Å²) in [5.41, 5.74) is 3.10. The highest BCUT2D eigenvalue weighted by molar-refractivity contribution is 7.99. The van der Waals surface area contributed by atoms with Gasteiger partial charge >= 0.3 is 0 Å². The van der Waals surface area contributed by atoms with Crippen molar-refractivity contribution in [2.24, 2.45) is 5.84 Å². The van der Waals surface area contributed by atoms with Gasteiger partial charge in [-0.25, -0.2) is 9.97 Å². The van der Waals surface area contributed by atoms with Crippen LogP contribution in [0.25, 0.3) is 0 Å². The maximum atomic E-state index is 6.25. The first-order valence-corrected chi connectivity index (χ1v) is 9.59. The van der Waals surface area contributed by atoms with Crippen molar-refractivity contribution in [2.75, 3.05) is 16.5 Å². The van der Waals surface area contributed by atoms with Gasteiger partial charge in [0.1, 0.15) is 11.8 Å². The third-order valence-electron chi connectivity index (χ3n) is 4.13. The van der Waals surface area contributed by atoms with Crippen LogP contribution in [0.5, 0.6) is 0 Å². The lowest BCUT2D eigenvalue weighted by atomic mass is 10.2. The van der Waals surface area contributed by atoms with Crippen molar-refractivity contribution < 1.29 is 9.47 Å². The fraction of sp³-hybridized carbons (Fsp3) is 0.733. The number of halogens is 1. The molecule has 1 saturated heterocycles. The van der Waals surface area contributed by atoms with E-state index in [1.165, 1.54) is 0 Å². The third-order valence-corrected chi connectivity index (χ3v) is 5.45. The van der Waals surface area contributed by atoms with Crippen molar-refractivity contribution in [3.05, 3.63) is 5.15 Å². The van der Waals surface area contributed by atoms with Crippen LogP contribution in [-0.2, 0) is 9.47 Å². The number of ether oxygens (including phenoxy) is 2. The first kappa shape index (κ1) is 18.0. The van der Waals surface area contributed by atoms with E-state index in [9.17, 15) is 0 Å². The number of hydrazine groups is 1. The van der Waals surface area contributed by atoms with Gasteiger partial charge in [-0.05, 0) is 33.1 Å². The van der Waals surface area contributed by atoms with Gasteiger partial charge in [-0.3, -0.25) is 5.84 Å². The number of nitrogen functional groups attached to an aromatic ring is 1. The Bertz CT molecular complexity index is 603. The lowest BCUT2D eigenvalue weighted by Gasteiger charge is -2.24. The molecule has 9 heteroatoms. The molecule has 1 aliphatic carbocycles. The molecule has 7 nitrogen and oxygen atoms in total. The first-order chi connectivity index (χ1) is 11.4. The number of anilines is 2. The normalized spacial score (nSPS) is 28.0. The molecule has 0 spiro atoms. The molecule has 1 aromatic rings. The largest absolute Gasteiger partial charge is 0.363 e. The number of thioether (sulfide) groups is 1. The molecule has 0 unspecified atom stereocenters. The molecule has 0 amide bonds. The second-order valence-corrected chi connectivity index (χ2v) is 7.90. The smallest absolute Gasteiger partial charge is 0.191 e. The number of nitrogens with two attached hydrogens (primary N) is 1. The maximum Gasteiger partial charge on any atom is 0.191 e. The molecule has 0 radical (unpaired) electrons. The summed E-state index contributed by atoms with van der Waals surface area (Å²) in [6, 6.07) is 0.0962. The topological polar surface area (TPSA) is 94.3 Å². The van der Waals surface area contributed by atoms with Crippen LogP contribution in [0.4, 0.5) is 11.5 Å². The molecule has 3 atom stereocenters. The molecule has 2 aliphatic rings. The number of hydrogen-bond acceptors (Lipinski definition) is 8. The van der Waals surface area contributed by atoms with E-state index in [4.69, 9.17) is 26.9 Å². The summed E-state index contributed by atoms with van der Waals surface area (Å²) in [5.74, 6) is 6.60. The molecule has 1 aromatic heterocycles. The van der Waals surface area contributed by atoms with Crippen LogP contribution in [0.3, 0.4) is 0 Å². The Morgan fingerprint density at radius 1 is 1.33 bits per heavy atom. The van der Waals surface area contributed by atoms with E-state index in [2.05, 4.69) is 27.6 Å². The molecule has 3 rings (SSSR count). The molecule has 2 heterocycles. The molecule has 4 N–H and O–H groups in total. The summed E-state index contributed by atoms with van der Waals surface area (Å²) >= 11 is 7.83. The Morgan fingerprint density at radius 3 is 2.83 bits per heavy atom. The van der Waals surface area contributed by atoms with Gasteiger partial charge in [-0.1, -0.05) is 30.3 Å². The highest BCUT2D eigenvalue weighted by atomic mass is 35.5. The summed E-state index contributed by atoms with van der Waals surface area (Å²) in [6.07, 6.45) is 3.03. The van der Waals surface area contributed by atoms with E-state index in [0.29, 0.717) is 21.8 Å². The maximum absolute atomic E-state index is 6.25. The number of rotatable bonds is 6. The monoisotopic (exact) mass is 373 g/mol. The number of aromatic nitrogens is 2. The van der Waals surface area contributed by atoms with Crippen molar-refractivity contribution in [3.8, 4) is 0 Å². The van der Waals surface area contributed by atoms with Crippen molar-refractivity contribution in [1.82, 2.24) is 9.97 Å². The average molecular weight is 374 g/mol. The van der Waals surface area contributed by atoms with Crippen LogP contribution in [0.1, 0.15) is 40.0 Å². The highest BCUT2D eigenvalue weighted by Gasteiger charge is 2.49. The fourth-order valence-corrected chi connectivity index (χ4v) is 4.14. The second kappa shape index (κ2) is 7.21. The van der Waals surface area contributed by atoms with Gasteiger partial charge in [-0.2, -0.15) is 0 Å². The van der Waals surface area contributed by atoms with Crippen LogP contribution in [0, 0.1) is 0 Å². The van der Waals surface area contributed by atoms with E-state index in [-0.39, 0.29) is 18.2 Å². The molecule has 2 fully saturated rings. The molecule has 1 aliphatic heterocycles. The van der Waals surface area contributed by atoms with Crippen LogP contribution in [-0.4, -0.2) is 39.8 Å². The van der Waals surface area contributed by atoms with Gasteiger partial charge < -0.3 is 20.2 Å². The van der Waals surface area contributed by atoms with E-state index in [1.54, 1.807) is 11.8 Å². The number of nitrogens with one attached hydrogen (secondary N) is 2. The molecule has 24 heavy (non-hydrogen) atoms. The predicted octanol–water partition coefficient (Wildman–Crippen LogP) is 3.01. The van der Waals surface area contributed by atoms with Gasteiger partial charge in [0, 0.05) is 5.75 Å². The van der Waals surface area contributed by atoms with Crippen molar-refractivity contribution in [2.45, 2.75) is 69.2 Å².